The van der Waals surface area contributed by atoms with Crippen LogP contribution in [0.15, 0.2) is 122 Å². The van der Waals surface area contributed by atoms with E-state index < -0.39 is 46.8 Å². The molecule has 5 aromatic carbocycles. The van der Waals surface area contributed by atoms with Crippen molar-refractivity contribution in [3.63, 3.8) is 0 Å². The van der Waals surface area contributed by atoms with E-state index in [1.807, 2.05) is 82.3 Å². The Balaban J connectivity index is 1.44. The number of unbranched alkanes of at least 4 members (excludes halogenated alkanes) is 1. The normalized spacial score (nSPS) is 15.9. The third-order valence-corrected chi connectivity index (χ3v) is 17.4. The number of rotatable bonds is 29. The molecule has 28 heteroatoms. The zero-order chi connectivity index (χ0) is 56.4. The molecule has 2 heterocycles. The number of hydrogen-bond acceptors (Lipinski definition) is 22. The molecule has 2 aliphatic rings. The van der Waals surface area contributed by atoms with E-state index in [2.05, 4.69) is 38.3 Å². The second-order valence-electron chi connectivity index (χ2n) is 18.7. The molecule has 0 saturated heterocycles. The minimum absolute atomic E-state index is 0.0276. The van der Waals surface area contributed by atoms with Crippen molar-refractivity contribution in [3.05, 3.63) is 125 Å². The first kappa shape index (κ1) is 61.1. The van der Waals surface area contributed by atoms with Gasteiger partial charge in [0.2, 0.25) is 5.69 Å². The molecule has 0 atom stereocenters. The van der Waals surface area contributed by atoms with Crippen LogP contribution in [0.25, 0.3) is 27.1 Å². The van der Waals surface area contributed by atoms with Crippen molar-refractivity contribution in [3.8, 4) is 0 Å². The molecule has 7 rings (SSSR count). The van der Waals surface area contributed by atoms with Gasteiger partial charge in [-0.15, -0.1) is 17.3 Å². The van der Waals surface area contributed by atoms with E-state index in [0.717, 1.165) is 46.6 Å². The first-order chi connectivity index (χ1) is 37.2. The Labute approximate surface area is 466 Å². The van der Waals surface area contributed by atoms with E-state index in [0.29, 0.717) is 125 Å². The summed E-state index contributed by atoms with van der Waals surface area (Å²) in [6, 6.07) is 20.3. The Hall–Kier alpha value is -4.48. The fourth-order valence-corrected chi connectivity index (χ4v) is 13.2. The number of carboxylic acids is 1. The number of hydrogen-bond donors (Lipinski definition) is 7. The van der Waals surface area contributed by atoms with Gasteiger partial charge in [0.1, 0.15) is 11.4 Å². The first-order valence-electron chi connectivity index (χ1n) is 23.7. The highest BCUT2D eigenvalue weighted by atomic mass is 32.2. The zero-order valence-corrected chi connectivity index (χ0v) is 47.0. The molecule has 2 aliphatic heterocycles. The van der Waals surface area contributed by atoms with Crippen LogP contribution in [0.1, 0.15) is 82.1 Å². The summed E-state index contributed by atoms with van der Waals surface area (Å²) in [7, 11) is -9.56. The van der Waals surface area contributed by atoms with Gasteiger partial charge in [-0.25, -0.2) is 21.0 Å². The average Bonchev–Trinajstić information content (AvgIpc) is 3.84. The largest absolute Gasteiger partial charge is 0.481 e. The summed E-state index contributed by atoms with van der Waals surface area (Å²) < 4.78 is 92.9. The van der Waals surface area contributed by atoms with Gasteiger partial charge in [0, 0.05) is 105 Å². The molecule has 0 aliphatic carbocycles. The monoisotopic (exact) mass is 1200 g/mol. The predicted molar refractivity (Wildman–Crippen MR) is 293 cm³/mol. The van der Waals surface area contributed by atoms with Gasteiger partial charge >= 0.3 is 5.97 Å². The second-order valence-corrected chi connectivity index (χ2v) is 24.6. The topological polar surface area (TPSA) is 307 Å². The number of aliphatic carboxylic acids is 1. The second kappa shape index (κ2) is 26.9. The Bertz CT molecular complexity index is 3380. The van der Waals surface area contributed by atoms with Crippen LogP contribution in [0.3, 0.4) is 0 Å². The summed E-state index contributed by atoms with van der Waals surface area (Å²) in [6.45, 7) is 8.68. The maximum absolute atomic E-state index is 12.9. The maximum atomic E-state index is 12.9. The third-order valence-electron chi connectivity index (χ3n) is 13.3. The van der Waals surface area contributed by atoms with Gasteiger partial charge in [0.15, 0.2) is 5.71 Å². The number of nitrogens with zero attached hydrogens (tertiary/aromatic N) is 2. The molecule has 22 nitrogen and oxygen atoms in total. The summed E-state index contributed by atoms with van der Waals surface area (Å²) >= 11 is 2.86. The van der Waals surface area contributed by atoms with Crippen LogP contribution in [-0.4, -0.2) is 92.9 Å². The molecule has 0 bridgehead atoms. The molecule has 5 aromatic rings. The molecule has 78 heavy (non-hydrogen) atoms. The lowest BCUT2D eigenvalue weighted by Crippen LogP contribution is -2.28. The van der Waals surface area contributed by atoms with E-state index in [1.165, 1.54) is 18.2 Å². The van der Waals surface area contributed by atoms with Gasteiger partial charge in [-0.3, -0.25) is 13.9 Å². The number of allylic oxidation sites excluding steroid dienone is 6. The first-order valence-corrected chi connectivity index (χ1v) is 29.9. The molecule has 0 saturated carbocycles. The van der Waals surface area contributed by atoms with Crippen LogP contribution >= 0.6 is 48.2 Å². The maximum Gasteiger partial charge on any atom is 0.303 e. The van der Waals surface area contributed by atoms with Crippen molar-refractivity contribution in [1.82, 2.24) is 0 Å². The minimum Gasteiger partial charge on any atom is -0.481 e. The molecule has 0 aromatic heterocycles. The van der Waals surface area contributed by atoms with Crippen molar-refractivity contribution in [2.24, 2.45) is 0 Å². The third kappa shape index (κ3) is 14.2. The van der Waals surface area contributed by atoms with Crippen molar-refractivity contribution in [2.45, 2.75) is 96.6 Å². The lowest BCUT2D eigenvalue weighted by Gasteiger charge is -2.27. The number of carboxylic acid groups (broad SMARTS) is 1. The Morgan fingerprint density at radius 3 is 2.06 bits per heavy atom. The zero-order valence-electron chi connectivity index (χ0n) is 42.1. The number of benzene rings is 5. The van der Waals surface area contributed by atoms with Crippen molar-refractivity contribution in [2.75, 3.05) is 29.5 Å². The van der Waals surface area contributed by atoms with Crippen LogP contribution in [0, 0.1) is 0 Å². The lowest BCUT2D eigenvalue weighted by atomic mass is 9.78. The van der Waals surface area contributed by atoms with Crippen molar-refractivity contribution in [1.29, 1.82) is 0 Å². The van der Waals surface area contributed by atoms with Crippen molar-refractivity contribution < 1.29 is 98.9 Å². The summed E-state index contributed by atoms with van der Waals surface area (Å²) in [6.07, 6.45) is 10.6. The summed E-state index contributed by atoms with van der Waals surface area (Å²) in [4.78, 5) is 13.0. The average molecular weight is 1200 g/mol. The van der Waals surface area contributed by atoms with E-state index >= 15 is 0 Å². The van der Waals surface area contributed by atoms with Gasteiger partial charge in [-0.1, -0.05) is 70.4 Å². The summed E-state index contributed by atoms with van der Waals surface area (Å²) in [5.74, 6) is -0.115. The lowest BCUT2D eigenvalue weighted by molar-refractivity contribution is -0.438. The predicted octanol–water partition coefficient (Wildman–Crippen LogP) is 11.8. The van der Waals surface area contributed by atoms with Gasteiger partial charge in [0.25, 0.3) is 20.2 Å². The fourth-order valence-electron chi connectivity index (χ4n) is 10.1. The highest BCUT2D eigenvalue weighted by Crippen LogP contribution is 2.53. The molecule has 0 amide bonds. The van der Waals surface area contributed by atoms with Crippen LogP contribution < -0.4 is 4.90 Å². The van der Waals surface area contributed by atoms with E-state index in [9.17, 15) is 35.8 Å². The fraction of sp³-hybridized carbons (Fsp3) is 0.320. The van der Waals surface area contributed by atoms with Gasteiger partial charge in [-0.2, -0.15) is 21.4 Å². The highest BCUT2D eigenvalue weighted by molar-refractivity contribution is 7.95. The van der Waals surface area contributed by atoms with E-state index in [-0.39, 0.29) is 21.6 Å². The molecular formula is C50H55N2O20S6+. The number of carbonyl (C=O) groups is 1. The van der Waals surface area contributed by atoms with Gasteiger partial charge in [-0.05, 0) is 127 Å². The molecule has 0 spiro atoms. The standard InChI is InChI=1S/C50H54N2O20S6/c1-49(2)44(52(23-9-25-74-70-66-56)41-19-17-37-38(47(41)49)27-34(75-71-67-57)28-43(37)78(62,63)64)20-14-32(33-12-7-11-31(26-33)10-5-6-13-46(53)54)15-21-45-50(3,4)48-39-29-35(77(59,60)61)30-42(76-72-68-58)36(39)16-18-40(48)51(45)22-8-24-73-69-65-55/h7,11-12,14-21,26-30H,5-6,8-10,13,22-25H2,1-4H3,(H6-,53,54,55,56,57,58,59,60,61,62,63,64)/p+1. The molecule has 0 fully saturated rings. The van der Waals surface area contributed by atoms with Crippen LogP contribution in [0.5, 0.6) is 0 Å². The van der Waals surface area contributed by atoms with E-state index in [4.69, 9.17) is 29.7 Å². The number of fused-ring (bicyclic) bond motifs is 6. The smallest absolute Gasteiger partial charge is 0.303 e. The molecular weight excluding hydrogens is 1140 g/mol. The van der Waals surface area contributed by atoms with Crippen molar-refractivity contribution >= 4 is 119 Å². The SMILES string of the molecule is CC1(C)C(/C=C/C(=C/C=C2/N(CCCSOOO)c3ccc4c(S(=O)(=O)O)cc(SOOO)cc4c3C2(C)C)c2cccc(CCCCC(=O)O)c2)=[N+](CCCSOOO)c2ccc3c(SOOO)cc(S(=O)(=O)O)cc3c21. The Morgan fingerprint density at radius 2 is 1.38 bits per heavy atom. The van der Waals surface area contributed by atoms with Crippen LogP contribution in [-0.2, 0) is 79.8 Å². The molecule has 0 radical (unpaired) electrons. The molecule has 7 N–H and O–H groups in total. The quantitative estimate of drug-likeness (QED) is 0.00445. The highest BCUT2D eigenvalue weighted by Gasteiger charge is 2.46. The van der Waals surface area contributed by atoms with Crippen LogP contribution in [0.2, 0.25) is 0 Å². The Morgan fingerprint density at radius 1 is 0.705 bits per heavy atom. The van der Waals surface area contributed by atoms with Crippen LogP contribution in [0.4, 0.5) is 11.4 Å². The summed E-state index contributed by atoms with van der Waals surface area (Å²) in [5.41, 5.74) is 5.04. The molecule has 0 unspecified atom stereocenters. The molecule has 420 valence electrons. The summed E-state index contributed by atoms with van der Waals surface area (Å²) in [5, 5.41) is 61.9. The Kier molecular flexibility index (Phi) is 21.1. The van der Waals surface area contributed by atoms with Gasteiger partial charge < -0.3 is 10.0 Å². The van der Waals surface area contributed by atoms with Gasteiger partial charge in [0.05, 0.1) is 34.4 Å². The van der Waals surface area contributed by atoms with E-state index in [1.54, 1.807) is 24.3 Å². The minimum atomic E-state index is -4.80. The number of anilines is 1. The number of aryl methyl sites for hydroxylation is 1.